The van der Waals surface area contributed by atoms with Gasteiger partial charge in [-0.25, -0.2) is 4.57 Å². The summed E-state index contributed by atoms with van der Waals surface area (Å²) >= 11 is 6.00. The first-order valence-electron chi connectivity index (χ1n) is 8.08. The summed E-state index contributed by atoms with van der Waals surface area (Å²) in [5, 5.41) is 2.07. The third-order valence-electron chi connectivity index (χ3n) is 4.55. The van der Waals surface area contributed by atoms with Gasteiger partial charge in [0.05, 0.1) is 0 Å². The van der Waals surface area contributed by atoms with Crippen LogP contribution in [0.15, 0.2) is 73.4 Å². The molecule has 0 spiro atoms. The molecule has 3 nitrogen and oxygen atoms in total. The molecule has 2 aromatic heterocycles. The molecule has 0 aliphatic carbocycles. The predicted molar refractivity (Wildman–Crippen MR) is 97.3 cm³/mol. The van der Waals surface area contributed by atoms with Crippen LogP contribution in [-0.2, 0) is 6.54 Å². The SMILES string of the molecule is CC(c1cn(Cc2ccc(Cl)cc2)c2ccccc12)[n+]1cc[nH]c1. The van der Waals surface area contributed by atoms with Crippen molar-refractivity contribution in [3.8, 4) is 0 Å². The fourth-order valence-electron chi connectivity index (χ4n) is 3.23. The van der Waals surface area contributed by atoms with E-state index in [2.05, 4.69) is 69.8 Å². The van der Waals surface area contributed by atoms with Crippen LogP contribution in [0.25, 0.3) is 10.9 Å². The monoisotopic (exact) mass is 336 g/mol. The summed E-state index contributed by atoms with van der Waals surface area (Å²) in [4.78, 5) is 3.12. The minimum atomic E-state index is 0.271. The van der Waals surface area contributed by atoms with Crippen LogP contribution in [0.4, 0.5) is 0 Å². The molecule has 1 N–H and O–H groups in total. The van der Waals surface area contributed by atoms with Crippen molar-refractivity contribution < 1.29 is 4.57 Å². The molecule has 1 unspecified atom stereocenters. The number of para-hydroxylation sites is 1. The molecule has 4 aromatic rings. The van der Waals surface area contributed by atoms with Gasteiger partial charge in [-0.3, -0.25) is 4.98 Å². The van der Waals surface area contributed by atoms with Crippen molar-refractivity contribution in [2.24, 2.45) is 0 Å². The van der Waals surface area contributed by atoms with Crippen LogP contribution in [-0.4, -0.2) is 9.55 Å². The Kier molecular flexibility index (Phi) is 3.87. The van der Waals surface area contributed by atoms with E-state index in [1.165, 1.54) is 22.0 Å². The highest BCUT2D eigenvalue weighted by atomic mass is 35.5. The van der Waals surface area contributed by atoms with E-state index in [0.29, 0.717) is 0 Å². The fraction of sp³-hybridized carbons (Fsp3) is 0.150. The lowest BCUT2D eigenvalue weighted by atomic mass is 10.1. The zero-order chi connectivity index (χ0) is 16.5. The topological polar surface area (TPSA) is 24.6 Å². The second-order valence-electron chi connectivity index (χ2n) is 6.09. The van der Waals surface area contributed by atoms with Gasteiger partial charge >= 0.3 is 0 Å². The number of aromatic nitrogens is 3. The van der Waals surface area contributed by atoms with E-state index < -0.39 is 0 Å². The van der Waals surface area contributed by atoms with Crippen LogP contribution in [0.5, 0.6) is 0 Å². The van der Waals surface area contributed by atoms with Gasteiger partial charge in [0.25, 0.3) is 0 Å². The Morgan fingerprint density at radius 3 is 2.67 bits per heavy atom. The standard InChI is InChI=1S/C20H18ClN3/c1-15(23-11-10-22-14-23)19-13-24(20-5-3-2-4-18(19)20)12-16-6-8-17(21)9-7-16/h2-11,13-15H,12H2,1H3/p+1. The van der Waals surface area contributed by atoms with Crippen molar-refractivity contribution in [2.75, 3.05) is 0 Å². The lowest BCUT2D eigenvalue weighted by molar-refractivity contribution is -0.709. The third-order valence-corrected chi connectivity index (χ3v) is 4.80. The largest absolute Gasteiger partial charge is 0.343 e. The number of H-pyrrole nitrogens is 1. The summed E-state index contributed by atoms with van der Waals surface area (Å²) in [5.74, 6) is 0. The van der Waals surface area contributed by atoms with Gasteiger partial charge in [0, 0.05) is 34.2 Å². The van der Waals surface area contributed by atoms with E-state index in [-0.39, 0.29) is 6.04 Å². The average molecular weight is 337 g/mol. The van der Waals surface area contributed by atoms with Crippen LogP contribution in [0.1, 0.15) is 24.1 Å². The Labute approximate surface area is 146 Å². The van der Waals surface area contributed by atoms with Crippen molar-refractivity contribution in [3.05, 3.63) is 89.6 Å². The Hall–Kier alpha value is -2.52. The van der Waals surface area contributed by atoms with Gasteiger partial charge in [-0.15, -0.1) is 0 Å². The normalized spacial score (nSPS) is 12.6. The second kappa shape index (κ2) is 6.17. The molecule has 0 saturated carbocycles. The lowest BCUT2D eigenvalue weighted by Gasteiger charge is -2.06. The smallest absolute Gasteiger partial charge is 0.242 e. The van der Waals surface area contributed by atoms with Crippen LogP contribution < -0.4 is 4.57 Å². The van der Waals surface area contributed by atoms with Crippen LogP contribution >= 0.6 is 11.6 Å². The number of hydrogen-bond acceptors (Lipinski definition) is 0. The number of hydrogen-bond donors (Lipinski definition) is 1. The van der Waals surface area contributed by atoms with Crippen molar-refractivity contribution in [2.45, 2.75) is 19.5 Å². The Morgan fingerprint density at radius 1 is 1.12 bits per heavy atom. The van der Waals surface area contributed by atoms with Gasteiger partial charge in [-0.05, 0) is 30.7 Å². The van der Waals surface area contributed by atoms with E-state index in [9.17, 15) is 0 Å². The van der Waals surface area contributed by atoms with Gasteiger partial charge in [0.1, 0.15) is 18.4 Å². The maximum Gasteiger partial charge on any atom is 0.242 e. The average Bonchev–Trinajstić information content (AvgIpc) is 3.25. The van der Waals surface area contributed by atoms with Gasteiger partial charge in [0.2, 0.25) is 6.33 Å². The van der Waals surface area contributed by atoms with Crippen molar-refractivity contribution in [3.63, 3.8) is 0 Å². The third kappa shape index (κ3) is 2.72. The molecule has 2 heterocycles. The Balaban J connectivity index is 1.77. The van der Waals surface area contributed by atoms with Gasteiger partial charge in [-0.1, -0.05) is 41.9 Å². The molecule has 24 heavy (non-hydrogen) atoms. The fourth-order valence-corrected chi connectivity index (χ4v) is 3.35. The molecule has 0 aliphatic heterocycles. The summed E-state index contributed by atoms with van der Waals surface area (Å²) < 4.78 is 4.51. The minimum Gasteiger partial charge on any atom is -0.343 e. The molecule has 0 bridgehead atoms. The minimum absolute atomic E-state index is 0.271. The summed E-state index contributed by atoms with van der Waals surface area (Å²) in [6.07, 6.45) is 8.28. The number of nitrogens with zero attached hydrogens (tertiary/aromatic N) is 2. The first kappa shape index (κ1) is 15.0. The van der Waals surface area contributed by atoms with Gasteiger partial charge < -0.3 is 4.57 Å². The molecule has 120 valence electrons. The molecule has 0 amide bonds. The van der Waals surface area contributed by atoms with Gasteiger partial charge in [0.15, 0.2) is 0 Å². The highest BCUT2D eigenvalue weighted by Gasteiger charge is 2.18. The van der Waals surface area contributed by atoms with E-state index in [1.54, 1.807) is 0 Å². The maximum atomic E-state index is 6.00. The highest BCUT2D eigenvalue weighted by molar-refractivity contribution is 6.30. The first-order valence-corrected chi connectivity index (χ1v) is 8.46. The number of halogens is 1. The van der Waals surface area contributed by atoms with Crippen LogP contribution in [0.2, 0.25) is 5.02 Å². The van der Waals surface area contributed by atoms with Crippen LogP contribution in [0, 0.1) is 0 Å². The van der Waals surface area contributed by atoms with Crippen LogP contribution in [0.3, 0.4) is 0 Å². The number of benzene rings is 2. The number of imidazole rings is 1. The maximum absolute atomic E-state index is 6.00. The zero-order valence-electron chi connectivity index (χ0n) is 13.5. The number of nitrogens with one attached hydrogen (secondary N) is 1. The molecule has 2 aromatic carbocycles. The summed E-state index contributed by atoms with van der Waals surface area (Å²) in [6.45, 7) is 3.06. The molecular formula is C20H19ClN3+. The summed E-state index contributed by atoms with van der Waals surface area (Å²) in [6, 6.07) is 16.9. The molecule has 0 radical (unpaired) electrons. The van der Waals surface area contributed by atoms with E-state index in [4.69, 9.17) is 11.6 Å². The van der Waals surface area contributed by atoms with Crippen molar-refractivity contribution in [1.29, 1.82) is 0 Å². The molecule has 4 heteroatoms. The molecule has 0 aliphatic rings. The first-order chi connectivity index (χ1) is 11.7. The summed E-state index contributed by atoms with van der Waals surface area (Å²) in [7, 11) is 0. The lowest BCUT2D eigenvalue weighted by Crippen LogP contribution is -2.35. The molecule has 4 rings (SSSR count). The Morgan fingerprint density at radius 2 is 1.92 bits per heavy atom. The summed E-state index contributed by atoms with van der Waals surface area (Å²) in [5.41, 5.74) is 3.82. The zero-order valence-corrected chi connectivity index (χ0v) is 14.2. The number of aromatic amines is 1. The quantitative estimate of drug-likeness (QED) is 0.528. The van der Waals surface area contributed by atoms with Gasteiger partial charge in [-0.2, -0.15) is 0 Å². The number of rotatable bonds is 4. The molecule has 0 saturated heterocycles. The van der Waals surface area contributed by atoms with Crippen molar-refractivity contribution in [1.82, 2.24) is 9.55 Å². The number of fused-ring (bicyclic) bond motifs is 1. The molecule has 0 fully saturated rings. The molecular weight excluding hydrogens is 318 g/mol. The predicted octanol–water partition coefficient (Wildman–Crippen LogP) is 4.57. The van der Waals surface area contributed by atoms with E-state index in [1.807, 2.05) is 24.7 Å². The van der Waals surface area contributed by atoms with Crippen molar-refractivity contribution >= 4 is 22.5 Å². The highest BCUT2D eigenvalue weighted by Crippen LogP contribution is 2.27. The van der Waals surface area contributed by atoms with E-state index in [0.717, 1.165) is 11.6 Å². The Bertz CT molecular complexity index is 952. The molecule has 1 atom stereocenters. The second-order valence-corrected chi connectivity index (χ2v) is 6.53. The van der Waals surface area contributed by atoms with E-state index >= 15 is 0 Å².